The number of aromatic nitrogens is 1. The summed E-state index contributed by atoms with van der Waals surface area (Å²) in [5, 5.41) is 0. The number of nitrogens with two attached hydrogens (primary N) is 1. The first-order valence-electron chi connectivity index (χ1n) is 5.06. The van der Waals surface area contributed by atoms with E-state index < -0.39 is 17.6 Å². The van der Waals surface area contributed by atoms with Crippen LogP contribution in [0.15, 0.2) is 22.6 Å². The van der Waals surface area contributed by atoms with Gasteiger partial charge >= 0.3 is 6.18 Å². The molecule has 1 atom stereocenters. The fourth-order valence-corrected chi connectivity index (χ4v) is 1.38. The van der Waals surface area contributed by atoms with Crippen LogP contribution >= 0.6 is 0 Å². The van der Waals surface area contributed by atoms with Gasteiger partial charge in [-0.1, -0.05) is 0 Å². The molecule has 98 valence electrons. The zero-order valence-electron chi connectivity index (χ0n) is 9.71. The lowest BCUT2D eigenvalue weighted by atomic mass is 10.0. The lowest BCUT2D eigenvalue weighted by Gasteiger charge is -2.23. The van der Waals surface area contributed by atoms with Crippen LogP contribution in [0.5, 0.6) is 5.75 Å². The molecule has 0 bridgehead atoms. The molecule has 0 amide bonds. The second-order valence-electron chi connectivity index (χ2n) is 4.05. The predicted octanol–water partition coefficient (Wildman–Crippen LogP) is 2.57. The van der Waals surface area contributed by atoms with Crippen molar-refractivity contribution in [2.24, 2.45) is 5.73 Å². The summed E-state index contributed by atoms with van der Waals surface area (Å²) in [6, 6.07) is 4.54. The summed E-state index contributed by atoms with van der Waals surface area (Å²) >= 11 is 0. The molecule has 1 heterocycles. The van der Waals surface area contributed by atoms with Crippen LogP contribution in [-0.4, -0.2) is 18.3 Å². The molecule has 0 aliphatic heterocycles. The average molecular weight is 260 g/mol. The molecule has 1 aromatic carbocycles. The van der Waals surface area contributed by atoms with Gasteiger partial charge in [-0.2, -0.15) is 13.2 Å². The van der Waals surface area contributed by atoms with Gasteiger partial charge in [0, 0.05) is 6.07 Å². The molecular weight excluding hydrogens is 249 g/mol. The van der Waals surface area contributed by atoms with Crippen molar-refractivity contribution in [3.05, 3.63) is 24.1 Å². The van der Waals surface area contributed by atoms with Gasteiger partial charge in [-0.3, -0.25) is 0 Å². The van der Waals surface area contributed by atoms with E-state index in [0.29, 0.717) is 11.3 Å². The molecule has 0 aliphatic carbocycles. The van der Waals surface area contributed by atoms with Crippen molar-refractivity contribution in [3.8, 4) is 5.75 Å². The molecule has 2 rings (SSSR count). The number of benzene rings is 1. The van der Waals surface area contributed by atoms with Gasteiger partial charge in [0.2, 0.25) is 5.89 Å². The van der Waals surface area contributed by atoms with Crippen molar-refractivity contribution in [1.82, 2.24) is 4.98 Å². The molecule has 2 aromatic rings. The Morgan fingerprint density at radius 3 is 2.56 bits per heavy atom. The first-order valence-corrected chi connectivity index (χ1v) is 5.06. The number of methoxy groups -OCH3 is 1. The highest BCUT2D eigenvalue weighted by Crippen LogP contribution is 2.37. The second-order valence-corrected chi connectivity index (χ2v) is 4.05. The number of fused-ring (bicyclic) bond motifs is 1. The number of hydrogen-bond acceptors (Lipinski definition) is 4. The second kappa shape index (κ2) is 3.88. The maximum Gasteiger partial charge on any atom is 0.415 e. The lowest BCUT2D eigenvalue weighted by molar-refractivity contribution is -0.189. The number of ether oxygens (including phenoxy) is 1. The van der Waals surface area contributed by atoms with Crippen molar-refractivity contribution < 1.29 is 22.3 Å². The van der Waals surface area contributed by atoms with E-state index in [9.17, 15) is 13.2 Å². The summed E-state index contributed by atoms with van der Waals surface area (Å²) in [6.07, 6.45) is -4.64. The molecule has 0 saturated carbocycles. The van der Waals surface area contributed by atoms with Gasteiger partial charge in [-0.15, -0.1) is 0 Å². The smallest absolute Gasteiger partial charge is 0.415 e. The van der Waals surface area contributed by atoms with Crippen LogP contribution in [0.25, 0.3) is 11.1 Å². The highest BCUT2D eigenvalue weighted by molar-refractivity contribution is 5.74. The van der Waals surface area contributed by atoms with Crippen LogP contribution < -0.4 is 10.5 Å². The molecule has 18 heavy (non-hydrogen) atoms. The maximum absolute atomic E-state index is 12.7. The fraction of sp³-hybridized carbons (Fsp3) is 0.364. The van der Waals surface area contributed by atoms with E-state index in [4.69, 9.17) is 14.9 Å². The normalized spacial score (nSPS) is 15.7. The summed E-state index contributed by atoms with van der Waals surface area (Å²) in [5.74, 6) is -0.103. The van der Waals surface area contributed by atoms with Crippen molar-refractivity contribution in [1.29, 1.82) is 0 Å². The molecule has 0 spiro atoms. The van der Waals surface area contributed by atoms with E-state index >= 15 is 0 Å². The van der Waals surface area contributed by atoms with Gasteiger partial charge in [-0.25, -0.2) is 4.98 Å². The summed E-state index contributed by atoms with van der Waals surface area (Å²) in [5.41, 5.74) is 3.11. The van der Waals surface area contributed by atoms with Gasteiger partial charge in [0.1, 0.15) is 11.3 Å². The van der Waals surface area contributed by atoms with E-state index in [1.165, 1.54) is 19.2 Å². The zero-order chi connectivity index (χ0) is 13.6. The van der Waals surface area contributed by atoms with Gasteiger partial charge in [0.25, 0.3) is 0 Å². The molecule has 1 unspecified atom stereocenters. The molecule has 7 heteroatoms. The average Bonchev–Trinajstić information content (AvgIpc) is 2.70. The third kappa shape index (κ3) is 1.90. The SMILES string of the molecule is COc1ccc2nc(C(C)(N)C(F)(F)F)oc2c1. The Labute approximate surface area is 101 Å². The minimum atomic E-state index is -4.64. The lowest BCUT2D eigenvalue weighted by Crippen LogP contribution is -2.47. The molecule has 1 aromatic heterocycles. The Hall–Kier alpha value is -1.76. The number of nitrogens with zero attached hydrogens (tertiary/aromatic N) is 1. The Morgan fingerprint density at radius 2 is 2.00 bits per heavy atom. The molecular formula is C11H11F3N2O2. The summed E-state index contributed by atoms with van der Waals surface area (Å²) in [4.78, 5) is 3.76. The standard InChI is InChI=1S/C11H11F3N2O2/c1-10(15,11(12,13)14)9-16-7-4-3-6(17-2)5-8(7)18-9/h3-5H,15H2,1-2H3. The molecule has 2 N–H and O–H groups in total. The summed E-state index contributed by atoms with van der Waals surface area (Å²) in [6.45, 7) is 0.814. The van der Waals surface area contributed by atoms with Crippen molar-refractivity contribution in [2.75, 3.05) is 7.11 Å². The summed E-state index contributed by atoms with van der Waals surface area (Å²) < 4.78 is 48.2. The highest BCUT2D eigenvalue weighted by Gasteiger charge is 2.53. The van der Waals surface area contributed by atoms with Gasteiger partial charge in [0.15, 0.2) is 11.1 Å². The van der Waals surface area contributed by atoms with Crippen LogP contribution in [0, 0.1) is 0 Å². The Morgan fingerprint density at radius 1 is 1.33 bits per heavy atom. The number of alkyl halides is 3. The number of oxazole rings is 1. The fourth-order valence-electron chi connectivity index (χ4n) is 1.38. The van der Waals surface area contributed by atoms with E-state index in [1.807, 2.05) is 0 Å². The predicted molar refractivity (Wildman–Crippen MR) is 58.2 cm³/mol. The van der Waals surface area contributed by atoms with E-state index in [1.54, 1.807) is 6.07 Å². The summed E-state index contributed by atoms with van der Waals surface area (Å²) in [7, 11) is 1.45. The third-order valence-electron chi connectivity index (χ3n) is 2.63. The van der Waals surface area contributed by atoms with Crippen LogP contribution in [0.2, 0.25) is 0 Å². The van der Waals surface area contributed by atoms with E-state index in [2.05, 4.69) is 4.98 Å². The van der Waals surface area contributed by atoms with Crippen LogP contribution in [-0.2, 0) is 5.54 Å². The van der Waals surface area contributed by atoms with Gasteiger partial charge in [-0.05, 0) is 19.1 Å². The van der Waals surface area contributed by atoms with Crippen molar-refractivity contribution in [3.63, 3.8) is 0 Å². The zero-order valence-corrected chi connectivity index (χ0v) is 9.71. The highest BCUT2D eigenvalue weighted by atomic mass is 19.4. The molecule has 0 radical (unpaired) electrons. The van der Waals surface area contributed by atoms with E-state index in [0.717, 1.165) is 6.92 Å². The van der Waals surface area contributed by atoms with E-state index in [-0.39, 0.29) is 5.58 Å². The Kier molecular flexibility index (Phi) is 2.73. The third-order valence-corrected chi connectivity index (χ3v) is 2.63. The van der Waals surface area contributed by atoms with Gasteiger partial charge < -0.3 is 14.9 Å². The largest absolute Gasteiger partial charge is 0.497 e. The monoisotopic (exact) mass is 260 g/mol. The number of hydrogen-bond donors (Lipinski definition) is 1. The molecule has 0 saturated heterocycles. The quantitative estimate of drug-likeness (QED) is 0.901. The minimum Gasteiger partial charge on any atom is -0.497 e. The Balaban J connectivity index is 2.54. The number of rotatable bonds is 2. The molecule has 4 nitrogen and oxygen atoms in total. The maximum atomic E-state index is 12.7. The van der Waals surface area contributed by atoms with Crippen LogP contribution in [0.4, 0.5) is 13.2 Å². The number of halogens is 3. The van der Waals surface area contributed by atoms with Gasteiger partial charge in [0.05, 0.1) is 7.11 Å². The van der Waals surface area contributed by atoms with Crippen molar-refractivity contribution >= 4 is 11.1 Å². The van der Waals surface area contributed by atoms with Crippen LogP contribution in [0.1, 0.15) is 12.8 Å². The minimum absolute atomic E-state index is 0.199. The van der Waals surface area contributed by atoms with Crippen LogP contribution in [0.3, 0.4) is 0 Å². The molecule has 0 fully saturated rings. The first kappa shape index (κ1) is 12.7. The first-order chi connectivity index (χ1) is 8.25. The van der Waals surface area contributed by atoms with Crippen molar-refractivity contribution in [2.45, 2.75) is 18.6 Å². The topological polar surface area (TPSA) is 61.3 Å². The molecule has 0 aliphatic rings. The Bertz CT molecular complexity index is 575.